The predicted molar refractivity (Wildman–Crippen MR) is 172 cm³/mol. The molecule has 2 aliphatic rings. The van der Waals surface area contributed by atoms with Crippen LogP contribution in [0.3, 0.4) is 0 Å². The molecule has 236 valence electrons. The number of nitrogens with one attached hydrogen (secondary N) is 4. The Morgan fingerprint density at radius 1 is 0.933 bits per heavy atom. The minimum Gasteiger partial charge on any atom is -0.345 e. The molecule has 12 nitrogen and oxygen atoms in total. The molecular formula is C32H39N9O3S. The van der Waals surface area contributed by atoms with E-state index in [0.29, 0.717) is 28.8 Å². The molecule has 0 bridgehead atoms. The number of likely N-dealkylation sites (tertiary alicyclic amines) is 2. The Morgan fingerprint density at radius 3 is 2.29 bits per heavy atom. The van der Waals surface area contributed by atoms with Gasteiger partial charge in [0.1, 0.15) is 28.0 Å². The largest absolute Gasteiger partial charge is 0.345 e. The molecule has 3 atom stereocenters. The summed E-state index contributed by atoms with van der Waals surface area (Å²) in [4.78, 5) is 62.6. The van der Waals surface area contributed by atoms with E-state index in [2.05, 4.69) is 35.6 Å². The van der Waals surface area contributed by atoms with Gasteiger partial charge < -0.3 is 30.4 Å². The van der Waals surface area contributed by atoms with Crippen molar-refractivity contribution in [3.8, 4) is 11.3 Å². The van der Waals surface area contributed by atoms with Crippen molar-refractivity contribution in [1.29, 1.82) is 0 Å². The first-order valence-corrected chi connectivity index (χ1v) is 16.3. The van der Waals surface area contributed by atoms with Gasteiger partial charge in [-0.1, -0.05) is 26.0 Å². The minimum atomic E-state index is -0.271. The van der Waals surface area contributed by atoms with Gasteiger partial charge in [-0.15, -0.1) is 11.3 Å². The average molecular weight is 630 g/mol. The van der Waals surface area contributed by atoms with E-state index in [4.69, 9.17) is 0 Å². The maximum Gasteiger partial charge on any atom is 0.240 e. The average Bonchev–Trinajstić information content (AvgIpc) is 3.86. The summed E-state index contributed by atoms with van der Waals surface area (Å²) in [5, 5.41) is 7.10. The molecule has 0 radical (unpaired) electrons. The molecule has 2 amide bonds. The molecule has 1 aromatic carbocycles. The molecule has 2 saturated heterocycles. The van der Waals surface area contributed by atoms with Gasteiger partial charge in [0.25, 0.3) is 0 Å². The zero-order chi connectivity index (χ0) is 31.7. The van der Waals surface area contributed by atoms with Crippen molar-refractivity contribution in [1.82, 2.24) is 40.0 Å². The van der Waals surface area contributed by atoms with Crippen LogP contribution in [0.5, 0.6) is 0 Å². The number of hydrogen-bond donors (Lipinski definition) is 4. The molecule has 3 aromatic heterocycles. The molecule has 13 heteroatoms. The maximum absolute atomic E-state index is 13.5. The zero-order valence-electron chi connectivity index (χ0n) is 26.0. The Labute approximate surface area is 266 Å². The van der Waals surface area contributed by atoms with E-state index in [1.165, 1.54) is 17.5 Å². The van der Waals surface area contributed by atoms with E-state index in [1.54, 1.807) is 18.6 Å². The molecule has 4 N–H and O–H groups in total. The third-order valence-electron chi connectivity index (χ3n) is 8.74. The normalized spacial score (nSPS) is 19.0. The predicted octanol–water partition coefficient (Wildman–Crippen LogP) is 4.82. The monoisotopic (exact) mass is 629 g/mol. The lowest BCUT2D eigenvalue weighted by atomic mass is 10.0. The number of anilines is 2. The van der Waals surface area contributed by atoms with E-state index in [0.717, 1.165) is 55.0 Å². The number of carbonyl (C=O) groups is 3. The van der Waals surface area contributed by atoms with Crippen LogP contribution in [0.15, 0.2) is 42.2 Å². The van der Waals surface area contributed by atoms with Crippen LogP contribution in [-0.2, 0) is 9.59 Å². The standard InChI is InChI=1S/C32H39N9O3S/c1-18(2)26(33-4)32(44)41-14-6-8-25(41)30-35-16-23(39-30)28(43)27-31(45-17-36-27)37-21-11-9-20(10-12-21)22-15-34-29(38-22)24-7-5-13-40(24)19(3)42/h9-12,15-18,24-26,33,37H,5-8,13-14H2,1-4H3,(H,34,38)(H,35,39). The second-order valence-corrected chi connectivity index (χ2v) is 12.9. The molecule has 45 heavy (non-hydrogen) atoms. The summed E-state index contributed by atoms with van der Waals surface area (Å²) < 4.78 is 0. The van der Waals surface area contributed by atoms with Crippen molar-refractivity contribution in [2.45, 2.75) is 64.6 Å². The lowest BCUT2D eigenvalue weighted by molar-refractivity contribution is -0.135. The topological polar surface area (TPSA) is 152 Å². The number of aromatic nitrogens is 5. The van der Waals surface area contributed by atoms with Gasteiger partial charge in [0.05, 0.1) is 41.7 Å². The number of amides is 2. The number of H-pyrrole nitrogens is 2. The van der Waals surface area contributed by atoms with Crippen molar-refractivity contribution >= 4 is 39.6 Å². The number of aromatic amines is 2. The number of imidazole rings is 2. The summed E-state index contributed by atoms with van der Waals surface area (Å²) in [7, 11) is 1.81. The Kier molecular flexibility index (Phi) is 8.81. The first-order valence-electron chi connectivity index (χ1n) is 15.5. The van der Waals surface area contributed by atoms with Gasteiger partial charge in [-0.2, -0.15) is 0 Å². The molecule has 2 aliphatic heterocycles. The Morgan fingerprint density at radius 2 is 1.60 bits per heavy atom. The highest BCUT2D eigenvalue weighted by atomic mass is 32.1. The van der Waals surface area contributed by atoms with Crippen molar-refractivity contribution < 1.29 is 14.4 Å². The summed E-state index contributed by atoms with van der Waals surface area (Å²) in [5.74, 6) is 1.43. The van der Waals surface area contributed by atoms with E-state index in [9.17, 15) is 14.4 Å². The maximum atomic E-state index is 13.5. The molecule has 0 spiro atoms. The lowest BCUT2D eigenvalue weighted by Gasteiger charge is -2.29. The molecular weight excluding hydrogens is 590 g/mol. The molecule has 0 aliphatic carbocycles. The number of carbonyl (C=O) groups excluding carboxylic acids is 3. The number of hydrogen-bond acceptors (Lipinski definition) is 9. The van der Waals surface area contributed by atoms with E-state index in [1.807, 2.05) is 55.0 Å². The summed E-state index contributed by atoms with van der Waals surface area (Å²) in [6.07, 6.45) is 6.89. The molecule has 0 saturated carbocycles. The van der Waals surface area contributed by atoms with Crippen LogP contribution in [0, 0.1) is 5.92 Å². The fourth-order valence-corrected chi connectivity index (χ4v) is 7.12. The number of ketones is 1. The van der Waals surface area contributed by atoms with Crippen LogP contribution in [0.1, 0.15) is 86.4 Å². The fourth-order valence-electron chi connectivity index (χ4n) is 6.43. The van der Waals surface area contributed by atoms with Crippen LogP contribution in [0.2, 0.25) is 0 Å². The summed E-state index contributed by atoms with van der Waals surface area (Å²) in [6, 6.07) is 7.36. The lowest BCUT2D eigenvalue weighted by Crippen LogP contribution is -2.47. The Hall–Kier alpha value is -4.36. The van der Waals surface area contributed by atoms with Crippen molar-refractivity contribution in [3.05, 3.63) is 65.2 Å². The highest BCUT2D eigenvalue weighted by molar-refractivity contribution is 7.14. The fraction of sp³-hybridized carbons (Fsp3) is 0.438. The zero-order valence-corrected chi connectivity index (χ0v) is 26.8. The van der Waals surface area contributed by atoms with Crippen LogP contribution in [-0.4, -0.2) is 78.5 Å². The van der Waals surface area contributed by atoms with Crippen molar-refractivity contribution in [2.24, 2.45) is 5.92 Å². The number of thiazole rings is 1. The van der Waals surface area contributed by atoms with E-state index < -0.39 is 0 Å². The quantitative estimate of drug-likeness (QED) is 0.182. The van der Waals surface area contributed by atoms with Crippen molar-refractivity contribution in [2.75, 3.05) is 25.5 Å². The second-order valence-electron chi connectivity index (χ2n) is 12.0. The number of rotatable bonds is 10. The molecule has 3 unspecified atom stereocenters. The molecule has 2 fully saturated rings. The Balaban J connectivity index is 1.13. The molecule has 4 aromatic rings. The number of nitrogens with zero attached hydrogens (tertiary/aromatic N) is 5. The van der Waals surface area contributed by atoms with Crippen LogP contribution < -0.4 is 10.6 Å². The summed E-state index contributed by atoms with van der Waals surface area (Å²) in [6.45, 7) is 7.08. The van der Waals surface area contributed by atoms with E-state index >= 15 is 0 Å². The van der Waals surface area contributed by atoms with Gasteiger partial charge in [0, 0.05) is 25.7 Å². The smallest absolute Gasteiger partial charge is 0.240 e. The third-order valence-corrected chi connectivity index (χ3v) is 9.48. The summed E-state index contributed by atoms with van der Waals surface area (Å²) in [5.41, 5.74) is 4.93. The molecule has 6 rings (SSSR count). The third kappa shape index (κ3) is 6.14. The first kappa shape index (κ1) is 30.7. The van der Waals surface area contributed by atoms with Crippen LogP contribution in [0.25, 0.3) is 11.3 Å². The van der Waals surface area contributed by atoms with Gasteiger partial charge >= 0.3 is 0 Å². The Bertz CT molecular complexity index is 1670. The molecule has 5 heterocycles. The van der Waals surface area contributed by atoms with Crippen LogP contribution in [0.4, 0.5) is 10.7 Å². The van der Waals surface area contributed by atoms with E-state index in [-0.39, 0.29) is 41.6 Å². The number of likely N-dealkylation sites (N-methyl/N-ethyl adjacent to an activating group) is 1. The van der Waals surface area contributed by atoms with Crippen molar-refractivity contribution in [3.63, 3.8) is 0 Å². The summed E-state index contributed by atoms with van der Waals surface area (Å²) >= 11 is 1.35. The van der Waals surface area contributed by atoms with Gasteiger partial charge in [-0.25, -0.2) is 15.0 Å². The highest BCUT2D eigenvalue weighted by Gasteiger charge is 2.36. The van der Waals surface area contributed by atoms with Gasteiger partial charge in [-0.3, -0.25) is 14.4 Å². The first-order chi connectivity index (χ1) is 21.7. The van der Waals surface area contributed by atoms with Gasteiger partial charge in [0.15, 0.2) is 0 Å². The number of benzene rings is 1. The van der Waals surface area contributed by atoms with Gasteiger partial charge in [-0.05, 0) is 56.3 Å². The SMILES string of the molecule is CNC(C(=O)N1CCCC1c1ncc(C(=O)c2ncsc2Nc2ccc(-c3cnc(C4CCCN4C(C)=O)[nH]3)cc2)[nH]1)C(C)C. The van der Waals surface area contributed by atoms with Gasteiger partial charge in [0.2, 0.25) is 17.6 Å². The highest BCUT2D eigenvalue weighted by Crippen LogP contribution is 2.34. The minimum absolute atomic E-state index is 0.0133. The second kappa shape index (κ2) is 12.9. The van der Waals surface area contributed by atoms with Crippen LogP contribution >= 0.6 is 11.3 Å².